The summed E-state index contributed by atoms with van der Waals surface area (Å²) in [5, 5.41) is 4.20. The zero-order chi connectivity index (χ0) is 14.1. The van der Waals surface area contributed by atoms with Crippen LogP contribution in [-0.4, -0.2) is 12.6 Å². The monoisotopic (exact) mass is 399 g/mol. The molecule has 2 aromatic carbocycles. The molecule has 0 aromatic heterocycles. The summed E-state index contributed by atoms with van der Waals surface area (Å²) in [7, 11) is 0. The van der Waals surface area contributed by atoms with Crippen LogP contribution in [0.25, 0.3) is 0 Å². The number of rotatable bonds is 3. The molecule has 1 heterocycles. The van der Waals surface area contributed by atoms with Gasteiger partial charge in [0.25, 0.3) is 0 Å². The molecule has 0 radical (unpaired) electrons. The summed E-state index contributed by atoms with van der Waals surface area (Å²) < 4.78 is 7.08. The number of benzene rings is 2. The van der Waals surface area contributed by atoms with Crippen LogP contribution in [0.1, 0.15) is 11.1 Å². The maximum Gasteiger partial charge on any atom is 0.123 e. The number of hydrogen-bond donors (Lipinski definition) is 1. The topological polar surface area (TPSA) is 21.3 Å². The zero-order valence-corrected chi connectivity index (χ0v) is 14.0. The molecule has 0 aliphatic carbocycles. The Bertz CT molecular complexity index is 644. The minimum absolute atomic E-state index is 0.193. The van der Waals surface area contributed by atoms with Crippen molar-refractivity contribution in [3.8, 4) is 5.75 Å². The second kappa shape index (κ2) is 5.82. The first-order valence-corrected chi connectivity index (χ1v) is 8.02. The smallest absolute Gasteiger partial charge is 0.123 e. The van der Waals surface area contributed by atoms with Gasteiger partial charge in [-0.1, -0.05) is 29.3 Å². The fourth-order valence-electron chi connectivity index (χ4n) is 2.42. The predicted octanol–water partition coefficient (Wildman–Crippen LogP) is 4.67. The molecule has 0 saturated heterocycles. The third-order valence-electron chi connectivity index (χ3n) is 3.41. The first-order valence-electron chi connectivity index (χ1n) is 6.57. The largest absolute Gasteiger partial charge is 0.488 e. The van der Waals surface area contributed by atoms with Crippen LogP contribution in [0.3, 0.4) is 0 Å². The summed E-state index contributed by atoms with van der Waals surface area (Å²) in [6.45, 7) is 2.91. The number of fused-ring (bicyclic) bond motifs is 1. The van der Waals surface area contributed by atoms with E-state index in [1.165, 1.54) is 11.1 Å². The molecule has 0 fully saturated rings. The van der Waals surface area contributed by atoms with Gasteiger partial charge in [0.1, 0.15) is 11.9 Å². The molecule has 1 unspecified atom stereocenters. The van der Waals surface area contributed by atoms with E-state index in [4.69, 9.17) is 16.3 Å². The molecule has 20 heavy (non-hydrogen) atoms. The van der Waals surface area contributed by atoms with Gasteiger partial charge in [0.05, 0.1) is 6.54 Å². The van der Waals surface area contributed by atoms with Gasteiger partial charge in [0, 0.05) is 20.7 Å². The predicted molar refractivity (Wildman–Crippen MR) is 92.0 cm³/mol. The van der Waals surface area contributed by atoms with Crippen molar-refractivity contribution in [2.45, 2.75) is 19.4 Å². The Kier molecular flexibility index (Phi) is 4.08. The van der Waals surface area contributed by atoms with E-state index in [2.05, 4.69) is 53.0 Å². The van der Waals surface area contributed by atoms with Crippen molar-refractivity contribution in [1.29, 1.82) is 0 Å². The van der Waals surface area contributed by atoms with E-state index in [1.807, 2.05) is 18.2 Å². The molecule has 4 heteroatoms. The lowest BCUT2D eigenvalue weighted by molar-refractivity contribution is 0.246. The maximum absolute atomic E-state index is 5.96. The number of nitrogens with one attached hydrogen (secondary N) is 1. The summed E-state index contributed by atoms with van der Waals surface area (Å²) >= 11 is 8.25. The molecule has 104 valence electrons. The van der Waals surface area contributed by atoms with E-state index >= 15 is 0 Å². The summed E-state index contributed by atoms with van der Waals surface area (Å²) in [5.41, 5.74) is 3.70. The molecule has 0 bridgehead atoms. The molecular formula is C16H15ClINO. The maximum atomic E-state index is 5.96. The molecule has 0 amide bonds. The van der Waals surface area contributed by atoms with E-state index in [1.54, 1.807) is 0 Å². The first-order chi connectivity index (χ1) is 9.61. The molecule has 3 rings (SSSR count). The number of anilines is 1. The van der Waals surface area contributed by atoms with Gasteiger partial charge in [-0.2, -0.15) is 0 Å². The molecule has 1 N–H and O–H groups in total. The number of hydrogen-bond acceptors (Lipinski definition) is 2. The highest BCUT2D eigenvalue weighted by atomic mass is 127. The highest BCUT2D eigenvalue weighted by molar-refractivity contribution is 14.1. The number of aryl methyl sites for hydroxylation is 1. The lowest BCUT2D eigenvalue weighted by Gasteiger charge is -2.14. The van der Waals surface area contributed by atoms with Gasteiger partial charge < -0.3 is 10.1 Å². The zero-order valence-electron chi connectivity index (χ0n) is 11.1. The van der Waals surface area contributed by atoms with Gasteiger partial charge in [-0.3, -0.25) is 0 Å². The van der Waals surface area contributed by atoms with Crippen LogP contribution in [0, 0.1) is 10.5 Å². The molecule has 0 spiro atoms. The van der Waals surface area contributed by atoms with Crippen molar-refractivity contribution < 1.29 is 4.74 Å². The van der Waals surface area contributed by atoms with Crippen LogP contribution in [0.5, 0.6) is 5.75 Å². The summed E-state index contributed by atoms with van der Waals surface area (Å²) in [6.07, 6.45) is 1.16. The van der Waals surface area contributed by atoms with Gasteiger partial charge in [-0.05, 0) is 59.3 Å². The second-order valence-electron chi connectivity index (χ2n) is 5.06. The third-order valence-corrected chi connectivity index (χ3v) is 4.54. The molecule has 1 aliphatic heterocycles. The molecule has 2 aromatic rings. The minimum atomic E-state index is 0.193. The lowest BCUT2D eigenvalue weighted by Crippen LogP contribution is -2.24. The average molecular weight is 400 g/mol. The van der Waals surface area contributed by atoms with Gasteiger partial charge >= 0.3 is 0 Å². The third kappa shape index (κ3) is 3.04. The van der Waals surface area contributed by atoms with Gasteiger partial charge in [-0.25, -0.2) is 0 Å². The summed E-state index contributed by atoms with van der Waals surface area (Å²) in [6, 6.07) is 12.2. The van der Waals surface area contributed by atoms with Crippen LogP contribution >= 0.6 is 34.2 Å². The van der Waals surface area contributed by atoms with Crippen molar-refractivity contribution >= 4 is 39.9 Å². The van der Waals surface area contributed by atoms with Crippen molar-refractivity contribution in [3.63, 3.8) is 0 Å². The fourth-order valence-corrected chi connectivity index (χ4v) is 3.48. The minimum Gasteiger partial charge on any atom is -0.488 e. The van der Waals surface area contributed by atoms with Crippen molar-refractivity contribution in [2.75, 3.05) is 11.9 Å². The standard InChI is InChI=1S/C16H15ClINO/c1-10-2-5-16-11(6-10)7-13(20-16)9-19-15-4-3-12(17)8-14(15)18/h2-6,8,13,19H,7,9H2,1H3. The highest BCUT2D eigenvalue weighted by Gasteiger charge is 2.22. The Morgan fingerprint density at radius 3 is 2.95 bits per heavy atom. The van der Waals surface area contributed by atoms with Crippen molar-refractivity contribution in [2.24, 2.45) is 0 Å². The van der Waals surface area contributed by atoms with E-state index in [0.717, 1.165) is 33.0 Å². The Labute approximate surface area is 137 Å². The van der Waals surface area contributed by atoms with Gasteiger partial charge in [0.15, 0.2) is 0 Å². The summed E-state index contributed by atoms with van der Waals surface area (Å²) in [4.78, 5) is 0. The average Bonchev–Trinajstić information content (AvgIpc) is 2.79. The van der Waals surface area contributed by atoms with Crippen molar-refractivity contribution in [1.82, 2.24) is 0 Å². The molecule has 1 aliphatic rings. The molecular weight excluding hydrogens is 385 g/mol. The first kappa shape index (κ1) is 14.0. The van der Waals surface area contributed by atoms with Gasteiger partial charge in [0.2, 0.25) is 0 Å². The normalized spacial score (nSPS) is 16.6. The molecule has 1 atom stereocenters. The Balaban J connectivity index is 1.63. The van der Waals surface area contributed by atoms with E-state index in [0.29, 0.717) is 0 Å². The number of halogens is 2. The van der Waals surface area contributed by atoms with Gasteiger partial charge in [-0.15, -0.1) is 0 Å². The van der Waals surface area contributed by atoms with Crippen LogP contribution in [0.4, 0.5) is 5.69 Å². The molecule has 2 nitrogen and oxygen atoms in total. The summed E-state index contributed by atoms with van der Waals surface area (Å²) in [5.74, 6) is 1.02. The molecule has 0 saturated carbocycles. The Morgan fingerprint density at radius 2 is 2.15 bits per heavy atom. The number of ether oxygens (including phenoxy) is 1. The SMILES string of the molecule is Cc1ccc2c(c1)CC(CNc1ccc(Cl)cc1I)O2. The van der Waals surface area contributed by atoms with E-state index in [9.17, 15) is 0 Å². The van der Waals surface area contributed by atoms with Crippen LogP contribution in [0.2, 0.25) is 5.02 Å². The quantitative estimate of drug-likeness (QED) is 0.758. The second-order valence-corrected chi connectivity index (χ2v) is 6.66. The fraction of sp³-hybridized carbons (Fsp3) is 0.250. The highest BCUT2D eigenvalue weighted by Crippen LogP contribution is 2.30. The lowest BCUT2D eigenvalue weighted by atomic mass is 10.1. The van der Waals surface area contributed by atoms with Crippen molar-refractivity contribution in [3.05, 3.63) is 56.1 Å². The van der Waals surface area contributed by atoms with Crippen LogP contribution in [0.15, 0.2) is 36.4 Å². The van der Waals surface area contributed by atoms with Crippen LogP contribution < -0.4 is 10.1 Å². The van der Waals surface area contributed by atoms with E-state index < -0.39 is 0 Å². The van der Waals surface area contributed by atoms with E-state index in [-0.39, 0.29) is 6.10 Å². The van der Waals surface area contributed by atoms with Crippen LogP contribution in [-0.2, 0) is 6.42 Å². The Hall–Kier alpha value is -0.940. The Morgan fingerprint density at radius 1 is 1.30 bits per heavy atom.